The van der Waals surface area contributed by atoms with Crippen LogP contribution in [0.5, 0.6) is 5.75 Å². The predicted octanol–water partition coefficient (Wildman–Crippen LogP) is 2.38. The van der Waals surface area contributed by atoms with E-state index in [1.807, 2.05) is 0 Å². The Hall–Kier alpha value is -0.810. The molecule has 1 unspecified atom stereocenters. The van der Waals surface area contributed by atoms with Crippen LogP contribution in [0.4, 0.5) is 0 Å². The standard InChI is InChI=1S/C18H29N3O.ClH/c1-2-12-22-18-5-3-4-16(13-18)15-20-8-10-21(11-9-20)17-6-7-19-14-17;/h3-5,13,17,19H,2,6-12,14-15H2,1H3;1H. The Bertz CT molecular complexity index is 457. The van der Waals surface area contributed by atoms with E-state index in [2.05, 4.69) is 46.3 Å². The van der Waals surface area contributed by atoms with Crippen molar-refractivity contribution >= 4 is 12.4 Å². The monoisotopic (exact) mass is 339 g/mol. The van der Waals surface area contributed by atoms with Gasteiger partial charge in [-0.25, -0.2) is 0 Å². The van der Waals surface area contributed by atoms with Crippen molar-refractivity contribution in [3.8, 4) is 5.75 Å². The van der Waals surface area contributed by atoms with Crippen LogP contribution in [0.1, 0.15) is 25.3 Å². The molecule has 0 radical (unpaired) electrons. The quantitative estimate of drug-likeness (QED) is 0.861. The number of rotatable bonds is 6. The Kier molecular flexibility index (Phi) is 7.63. The first-order chi connectivity index (χ1) is 10.8. The van der Waals surface area contributed by atoms with E-state index >= 15 is 0 Å². The number of piperazine rings is 1. The first-order valence-electron chi connectivity index (χ1n) is 8.74. The molecular weight excluding hydrogens is 310 g/mol. The molecule has 1 atom stereocenters. The first kappa shape index (κ1) is 18.5. The molecule has 2 fully saturated rings. The Morgan fingerprint density at radius 2 is 2.04 bits per heavy atom. The van der Waals surface area contributed by atoms with Crippen molar-refractivity contribution in [2.45, 2.75) is 32.4 Å². The number of hydrogen-bond acceptors (Lipinski definition) is 4. The van der Waals surface area contributed by atoms with Gasteiger partial charge in [-0.1, -0.05) is 19.1 Å². The maximum Gasteiger partial charge on any atom is 0.119 e. The summed E-state index contributed by atoms with van der Waals surface area (Å²) < 4.78 is 5.74. The van der Waals surface area contributed by atoms with Gasteiger partial charge in [0.25, 0.3) is 0 Å². The van der Waals surface area contributed by atoms with Gasteiger partial charge < -0.3 is 10.1 Å². The molecule has 5 heteroatoms. The van der Waals surface area contributed by atoms with Crippen LogP contribution >= 0.6 is 12.4 Å². The lowest BCUT2D eigenvalue weighted by atomic mass is 10.1. The lowest BCUT2D eigenvalue weighted by molar-refractivity contribution is 0.0981. The molecule has 2 heterocycles. The van der Waals surface area contributed by atoms with Crippen LogP contribution in [0.3, 0.4) is 0 Å². The van der Waals surface area contributed by atoms with Gasteiger partial charge in [0.2, 0.25) is 0 Å². The number of benzene rings is 1. The van der Waals surface area contributed by atoms with Crippen molar-refractivity contribution in [1.82, 2.24) is 15.1 Å². The maximum absolute atomic E-state index is 5.74. The Labute approximate surface area is 146 Å². The van der Waals surface area contributed by atoms with Gasteiger partial charge in [0, 0.05) is 45.3 Å². The highest BCUT2D eigenvalue weighted by atomic mass is 35.5. The van der Waals surface area contributed by atoms with E-state index in [0.717, 1.165) is 31.4 Å². The minimum Gasteiger partial charge on any atom is -0.494 e. The molecule has 0 aliphatic carbocycles. The molecule has 0 saturated carbocycles. The highest BCUT2D eigenvalue weighted by Crippen LogP contribution is 2.17. The minimum atomic E-state index is 0. The molecule has 2 aliphatic heterocycles. The summed E-state index contributed by atoms with van der Waals surface area (Å²) in [6, 6.07) is 9.35. The predicted molar refractivity (Wildman–Crippen MR) is 97.6 cm³/mol. The second kappa shape index (κ2) is 9.48. The van der Waals surface area contributed by atoms with E-state index in [0.29, 0.717) is 0 Å². The van der Waals surface area contributed by atoms with E-state index in [-0.39, 0.29) is 12.4 Å². The average molecular weight is 340 g/mol. The van der Waals surface area contributed by atoms with Gasteiger partial charge >= 0.3 is 0 Å². The van der Waals surface area contributed by atoms with Gasteiger partial charge in [-0.2, -0.15) is 0 Å². The van der Waals surface area contributed by atoms with Crippen LogP contribution in [0.15, 0.2) is 24.3 Å². The minimum absolute atomic E-state index is 0. The molecule has 0 amide bonds. The zero-order chi connectivity index (χ0) is 15.2. The SMILES string of the molecule is CCCOc1cccc(CN2CCN(C3CCNC3)CC2)c1.Cl. The Balaban J connectivity index is 0.00000192. The molecule has 1 aromatic carbocycles. The summed E-state index contributed by atoms with van der Waals surface area (Å²) in [6.07, 6.45) is 2.37. The zero-order valence-electron chi connectivity index (χ0n) is 14.2. The summed E-state index contributed by atoms with van der Waals surface area (Å²) in [4.78, 5) is 5.23. The molecule has 130 valence electrons. The first-order valence-corrected chi connectivity index (χ1v) is 8.74. The largest absolute Gasteiger partial charge is 0.494 e. The van der Waals surface area contributed by atoms with Gasteiger partial charge in [-0.15, -0.1) is 12.4 Å². The van der Waals surface area contributed by atoms with Gasteiger partial charge in [0.15, 0.2) is 0 Å². The highest BCUT2D eigenvalue weighted by molar-refractivity contribution is 5.85. The molecule has 1 aromatic rings. The lowest BCUT2D eigenvalue weighted by Gasteiger charge is -2.37. The van der Waals surface area contributed by atoms with Crippen molar-refractivity contribution in [2.24, 2.45) is 0 Å². The molecule has 3 rings (SSSR count). The summed E-state index contributed by atoms with van der Waals surface area (Å²) in [6.45, 7) is 11.1. The molecule has 2 saturated heterocycles. The molecule has 0 spiro atoms. The Morgan fingerprint density at radius 1 is 1.22 bits per heavy atom. The molecule has 0 aromatic heterocycles. The fourth-order valence-electron chi connectivity index (χ4n) is 3.45. The lowest BCUT2D eigenvalue weighted by Crippen LogP contribution is -2.50. The van der Waals surface area contributed by atoms with Crippen molar-refractivity contribution in [3.05, 3.63) is 29.8 Å². The van der Waals surface area contributed by atoms with Crippen LogP contribution in [-0.4, -0.2) is 61.7 Å². The second-order valence-electron chi connectivity index (χ2n) is 6.45. The third-order valence-corrected chi connectivity index (χ3v) is 4.74. The van der Waals surface area contributed by atoms with Gasteiger partial charge in [0.1, 0.15) is 5.75 Å². The van der Waals surface area contributed by atoms with Crippen molar-refractivity contribution in [1.29, 1.82) is 0 Å². The topological polar surface area (TPSA) is 27.7 Å². The number of ether oxygens (including phenoxy) is 1. The fourth-order valence-corrected chi connectivity index (χ4v) is 3.45. The third kappa shape index (κ3) is 5.35. The van der Waals surface area contributed by atoms with Crippen LogP contribution in [-0.2, 0) is 6.54 Å². The zero-order valence-corrected chi connectivity index (χ0v) is 15.0. The van der Waals surface area contributed by atoms with Crippen LogP contribution < -0.4 is 10.1 Å². The summed E-state index contributed by atoms with van der Waals surface area (Å²) in [5.41, 5.74) is 1.37. The van der Waals surface area contributed by atoms with E-state index in [4.69, 9.17) is 4.74 Å². The van der Waals surface area contributed by atoms with Crippen molar-refractivity contribution in [2.75, 3.05) is 45.9 Å². The summed E-state index contributed by atoms with van der Waals surface area (Å²) >= 11 is 0. The van der Waals surface area contributed by atoms with E-state index in [1.165, 1.54) is 51.3 Å². The van der Waals surface area contributed by atoms with Crippen molar-refractivity contribution in [3.63, 3.8) is 0 Å². The summed E-state index contributed by atoms with van der Waals surface area (Å²) in [5, 5.41) is 3.47. The number of hydrogen-bond donors (Lipinski definition) is 1. The molecule has 0 bridgehead atoms. The summed E-state index contributed by atoms with van der Waals surface area (Å²) in [7, 11) is 0. The van der Waals surface area contributed by atoms with Crippen molar-refractivity contribution < 1.29 is 4.74 Å². The number of nitrogens with zero attached hydrogens (tertiary/aromatic N) is 2. The van der Waals surface area contributed by atoms with E-state index in [1.54, 1.807) is 0 Å². The average Bonchev–Trinajstić information content (AvgIpc) is 3.08. The number of nitrogens with one attached hydrogen (secondary N) is 1. The fraction of sp³-hybridized carbons (Fsp3) is 0.667. The normalized spacial score (nSPS) is 22.7. The summed E-state index contributed by atoms with van der Waals surface area (Å²) in [5.74, 6) is 1.01. The maximum atomic E-state index is 5.74. The van der Waals surface area contributed by atoms with Crippen LogP contribution in [0.2, 0.25) is 0 Å². The second-order valence-corrected chi connectivity index (χ2v) is 6.45. The van der Waals surface area contributed by atoms with E-state index < -0.39 is 0 Å². The molecule has 2 aliphatic rings. The van der Waals surface area contributed by atoms with E-state index in [9.17, 15) is 0 Å². The third-order valence-electron chi connectivity index (χ3n) is 4.74. The molecule has 4 nitrogen and oxygen atoms in total. The van der Waals surface area contributed by atoms with Crippen LogP contribution in [0.25, 0.3) is 0 Å². The van der Waals surface area contributed by atoms with Gasteiger partial charge in [-0.05, 0) is 37.1 Å². The molecular formula is C18H30ClN3O. The van der Waals surface area contributed by atoms with Gasteiger partial charge in [-0.3, -0.25) is 9.80 Å². The Morgan fingerprint density at radius 3 is 2.74 bits per heavy atom. The van der Waals surface area contributed by atoms with Gasteiger partial charge in [0.05, 0.1) is 6.61 Å². The number of halogens is 1. The highest BCUT2D eigenvalue weighted by Gasteiger charge is 2.25. The molecule has 23 heavy (non-hydrogen) atoms. The molecule has 1 N–H and O–H groups in total. The van der Waals surface area contributed by atoms with Crippen LogP contribution in [0, 0.1) is 0 Å². The smallest absolute Gasteiger partial charge is 0.119 e.